The Balaban J connectivity index is 2.89. The van der Waals surface area contributed by atoms with E-state index in [4.69, 9.17) is 4.74 Å². The van der Waals surface area contributed by atoms with Gasteiger partial charge in [-0.15, -0.1) is 0 Å². The van der Waals surface area contributed by atoms with E-state index < -0.39 is 0 Å². The summed E-state index contributed by atoms with van der Waals surface area (Å²) in [5, 5.41) is 0. The Morgan fingerprint density at radius 2 is 2.33 bits per heavy atom. The van der Waals surface area contributed by atoms with E-state index in [1.807, 2.05) is 6.92 Å². The zero-order chi connectivity index (χ0) is 6.85. The quantitative estimate of drug-likeness (QED) is 0.360. The standard InChI is InChI=1S/C7H8O2/c1-3-6-4-5(2)9-7(6)8/h3-4H,1-2H3. The van der Waals surface area contributed by atoms with Crippen LogP contribution in [0, 0.1) is 0 Å². The lowest BCUT2D eigenvalue weighted by atomic mass is 10.2. The molecule has 48 valence electrons. The summed E-state index contributed by atoms with van der Waals surface area (Å²) in [5.41, 5.74) is 0.646. The van der Waals surface area contributed by atoms with Gasteiger partial charge in [-0.1, -0.05) is 6.08 Å². The third-order valence-electron chi connectivity index (χ3n) is 1.16. The largest absolute Gasteiger partial charge is 0.428 e. The molecular weight excluding hydrogens is 116 g/mol. The number of carbonyl (C=O) groups excluding carboxylic acids is 1. The van der Waals surface area contributed by atoms with Crippen molar-refractivity contribution in [2.24, 2.45) is 0 Å². The molecule has 0 spiro atoms. The Kier molecular flexibility index (Phi) is 1.39. The first-order valence-electron chi connectivity index (χ1n) is 2.81. The number of cyclic esters (lactones) is 1. The maximum atomic E-state index is 10.7. The summed E-state index contributed by atoms with van der Waals surface area (Å²) >= 11 is 0. The van der Waals surface area contributed by atoms with Crippen LogP contribution in [0.25, 0.3) is 0 Å². The highest BCUT2D eigenvalue weighted by Crippen LogP contribution is 2.14. The molecule has 2 nitrogen and oxygen atoms in total. The Bertz CT molecular complexity index is 199. The van der Waals surface area contributed by atoms with Crippen molar-refractivity contribution in [3.63, 3.8) is 0 Å². The molecule has 0 saturated heterocycles. The van der Waals surface area contributed by atoms with Gasteiger partial charge in [0.15, 0.2) is 0 Å². The molecule has 0 aromatic carbocycles. The highest BCUT2D eigenvalue weighted by Gasteiger charge is 2.15. The Labute approximate surface area is 53.8 Å². The summed E-state index contributed by atoms with van der Waals surface area (Å²) in [4.78, 5) is 10.7. The second-order valence-corrected chi connectivity index (χ2v) is 1.89. The highest BCUT2D eigenvalue weighted by atomic mass is 16.5. The molecule has 1 aliphatic rings. The molecule has 0 aromatic heterocycles. The molecule has 0 atom stereocenters. The van der Waals surface area contributed by atoms with E-state index >= 15 is 0 Å². The van der Waals surface area contributed by atoms with Crippen LogP contribution >= 0.6 is 0 Å². The van der Waals surface area contributed by atoms with Gasteiger partial charge in [-0.2, -0.15) is 0 Å². The zero-order valence-corrected chi connectivity index (χ0v) is 5.47. The van der Waals surface area contributed by atoms with E-state index in [0.717, 1.165) is 0 Å². The molecule has 1 aliphatic heterocycles. The van der Waals surface area contributed by atoms with E-state index in [1.165, 1.54) is 0 Å². The zero-order valence-electron chi connectivity index (χ0n) is 5.47. The van der Waals surface area contributed by atoms with Crippen LogP contribution in [0.3, 0.4) is 0 Å². The number of rotatable bonds is 0. The fourth-order valence-electron chi connectivity index (χ4n) is 0.714. The molecule has 2 heteroatoms. The minimum absolute atomic E-state index is 0.241. The molecule has 0 aromatic rings. The van der Waals surface area contributed by atoms with Gasteiger partial charge in [-0.05, 0) is 19.9 Å². The van der Waals surface area contributed by atoms with Crippen LogP contribution in [0.5, 0.6) is 0 Å². The van der Waals surface area contributed by atoms with E-state index in [1.54, 1.807) is 19.1 Å². The van der Waals surface area contributed by atoms with Crippen molar-refractivity contribution in [2.45, 2.75) is 13.8 Å². The number of hydrogen-bond acceptors (Lipinski definition) is 2. The molecule has 0 saturated carbocycles. The fraction of sp³-hybridized carbons (Fsp3) is 0.286. The third-order valence-corrected chi connectivity index (χ3v) is 1.16. The highest BCUT2D eigenvalue weighted by molar-refractivity contribution is 5.94. The summed E-state index contributed by atoms with van der Waals surface area (Å²) in [6.07, 6.45) is 3.46. The monoisotopic (exact) mass is 124 g/mol. The maximum Gasteiger partial charge on any atom is 0.342 e. The molecule has 0 aliphatic carbocycles. The molecule has 1 heterocycles. The minimum Gasteiger partial charge on any atom is -0.428 e. The second kappa shape index (κ2) is 2.05. The van der Waals surface area contributed by atoms with Crippen LogP contribution in [-0.2, 0) is 9.53 Å². The van der Waals surface area contributed by atoms with Gasteiger partial charge in [0.1, 0.15) is 5.76 Å². The lowest BCUT2D eigenvalue weighted by Gasteiger charge is -1.89. The van der Waals surface area contributed by atoms with E-state index in [-0.39, 0.29) is 5.97 Å². The Morgan fingerprint density at radius 1 is 1.67 bits per heavy atom. The van der Waals surface area contributed by atoms with Crippen LogP contribution in [0.4, 0.5) is 0 Å². The van der Waals surface area contributed by atoms with Gasteiger partial charge in [0, 0.05) is 0 Å². The molecule has 1 rings (SSSR count). The number of carbonyl (C=O) groups is 1. The van der Waals surface area contributed by atoms with E-state index in [9.17, 15) is 4.79 Å². The summed E-state index contributed by atoms with van der Waals surface area (Å²) in [6.45, 7) is 3.57. The summed E-state index contributed by atoms with van der Waals surface area (Å²) in [5.74, 6) is 0.433. The molecule has 0 fully saturated rings. The van der Waals surface area contributed by atoms with Crippen molar-refractivity contribution in [3.8, 4) is 0 Å². The molecule has 0 amide bonds. The molecule has 0 radical (unpaired) electrons. The van der Waals surface area contributed by atoms with Gasteiger partial charge in [0.05, 0.1) is 5.57 Å². The predicted molar refractivity (Wildman–Crippen MR) is 33.6 cm³/mol. The molecule has 0 bridgehead atoms. The average molecular weight is 124 g/mol. The van der Waals surface area contributed by atoms with Gasteiger partial charge >= 0.3 is 5.97 Å². The molecule has 9 heavy (non-hydrogen) atoms. The van der Waals surface area contributed by atoms with Crippen LogP contribution in [0.2, 0.25) is 0 Å². The van der Waals surface area contributed by atoms with Crippen LogP contribution in [0.1, 0.15) is 13.8 Å². The molecule has 0 unspecified atom stereocenters. The predicted octanol–water partition coefficient (Wildman–Crippen LogP) is 1.39. The molecule has 0 N–H and O–H groups in total. The van der Waals surface area contributed by atoms with E-state index in [2.05, 4.69) is 0 Å². The number of hydrogen-bond donors (Lipinski definition) is 0. The van der Waals surface area contributed by atoms with Crippen molar-refractivity contribution in [1.29, 1.82) is 0 Å². The maximum absolute atomic E-state index is 10.7. The van der Waals surface area contributed by atoms with Crippen molar-refractivity contribution >= 4 is 5.97 Å². The van der Waals surface area contributed by atoms with Gasteiger partial charge in [0.2, 0.25) is 0 Å². The number of allylic oxidation sites excluding steroid dienone is 2. The van der Waals surface area contributed by atoms with Crippen LogP contribution in [0.15, 0.2) is 23.5 Å². The van der Waals surface area contributed by atoms with Gasteiger partial charge in [-0.3, -0.25) is 0 Å². The van der Waals surface area contributed by atoms with Gasteiger partial charge in [0.25, 0.3) is 0 Å². The van der Waals surface area contributed by atoms with Gasteiger partial charge < -0.3 is 4.74 Å². The van der Waals surface area contributed by atoms with E-state index in [0.29, 0.717) is 11.3 Å². The number of esters is 1. The normalized spacial score (nSPS) is 22.2. The van der Waals surface area contributed by atoms with Gasteiger partial charge in [-0.25, -0.2) is 4.79 Å². The lowest BCUT2D eigenvalue weighted by Crippen LogP contribution is -1.95. The summed E-state index contributed by atoms with van der Waals surface area (Å²) in [6, 6.07) is 0. The van der Waals surface area contributed by atoms with Crippen LogP contribution < -0.4 is 0 Å². The fourth-order valence-corrected chi connectivity index (χ4v) is 0.714. The SMILES string of the molecule is CC=C1C=C(C)OC1=O. The lowest BCUT2D eigenvalue weighted by molar-refractivity contribution is -0.133. The van der Waals surface area contributed by atoms with Crippen molar-refractivity contribution in [3.05, 3.63) is 23.5 Å². The first-order valence-corrected chi connectivity index (χ1v) is 2.81. The topological polar surface area (TPSA) is 26.3 Å². The smallest absolute Gasteiger partial charge is 0.342 e. The van der Waals surface area contributed by atoms with Crippen molar-refractivity contribution in [1.82, 2.24) is 0 Å². The summed E-state index contributed by atoms with van der Waals surface area (Å²) < 4.78 is 4.72. The second-order valence-electron chi connectivity index (χ2n) is 1.89. The Morgan fingerprint density at radius 3 is 2.56 bits per heavy atom. The first-order chi connectivity index (χ1) is 4.24. The minimum atomic E-state index is -0.241. The van der Waals surface area contributed by atoms with Crippen molar-refractivity contribution in [2.75, 3.05) is 0 Å². The first kappa shape index (κ1) is 6.08. The average Bonchev–Trinajstić information content (AvgIpc) is 2.10. The van der Waals surface area contributed by atoms with Crippen molar-refractivity contribution < 1.29 is 9.53 Å². The molecular formula is C7H8O2. The summed E-state index contributed by atoms with van der Waals surface area (Å²) in [7, 11) is 0. The van der Waals surface area contributed by atoms with Crippen LogP contribution in [-0.4, -0.2) is 5.97 Å². The Hall–Kier alpha value is -1.05. The third kappa shape index (κ3) is 1.02. The number of ether oxygens (including phenoxy) is 1.